The fraction of sp³-hybridized carbons (Fsp3) is 0.316. The number of hydrogen-bond donors (Lipinski definition) is 1. The van der Waals surface area contributed by atoms with Crippen molar-refractivity contribution >= 4 is 40.1 Å². The largest absolute Gasteiger partial charge is 0.469 e. The van der Waals surface area contributed by atoms with Gasteiger partial charge in [0.1, 0.15) is 16.1 Å². The summed E-state index contributed by atoms with van der Waals surface area (Å²) in [6, 6.07) is 12.5. The molecule has 136 valence electrons. The van der Waals surface area contributed by atoms with Crippen molar-refractivity contribution in [3.63, 3.8) is 0 Å². The van der Waals surface area contributed by atoms with E-state index in [9.17, 15) is 9.59 Å². The maximum atomic E-state index is 13.1. The van der Waals surface area contributed by atoms with Gasteiger partial charge in [-0.3, -0.25) is 14.5 Å². The highest BCUT2D eigenvalue weighted by Gasteiger charge is 2.46. The lowest BCUT2D eigenvalue weighted by molar-refractivity contribution is -0.134. The molecule has 0 saturated carbocycles. The summed E-state index contributed by atoms with van der Waals surface area (Å²) in [6.45, 7) is 4.23. The van der Waals surface area contributed by atoms with Gasteiger partial charge >= 0.3 is 0 Å². The molecule has 0 spiro atoms. The normalized spacial score (nSPS) is 19.5. The van der Waals surface area contributed by atoms with Crippen molar-refractivity contribution in [2.45, 2.75) is 37.6 Å². The highest BCUT2D eigenvalue weighted by Crippen LogP contribution is 2.37. The minimum atomic E-state index is -0.662. The quantitative estimate of drug-likeness (QED) is 0.798. The zero-order valence-electron chi connectivity index (χ0n) is 14.6. The second kappa shape index (κ2) is 7.63. The van der Waals surface area contributed by atoms with Gasteiger partial charge in [-0.1, -0.05) is 54.3 Å². The Bertz CT molecular complexity index is 803. The van der Waals surface area contributed by atoms with Gasteiger partial charge in [0.25, 0.3) is 5.91 Å². The molecule has 0 aliphatic carbocycles. The minimum absolute atomic E-state index is 0.0979. The molecular weight excluding hydrogens is 368 g/mol. The van der Waals surface area contributed by atoms with E-state index < -0.39 is 10.8 Å². The molecule has 2 heterocycles. The maximum Gasteiger partial charge on any atom is 0.252 e. The number of carbonyl (C=O) groups is 2. The third-order valence-corrected chi connectivity index (χ3v) is 5.81. The summed E-state index contributed by atoms with van der Waals surface area (Å²) in [5.74, 6) is 0.128. The standard InChI is InChI=1S/C19H20N2O3S2/c1-19(2)16(20-15(22)11-14-9-6-10-24-14)17(23)21(18(25)26-19)12-13-7-4-3-5-8-13/h3-10,16H,11-12H2,1-2H3,(H,20,22). The number of hydrogen-bond acceptors (Lipinski definition) is 5. The summed E-state index contributed by atoms with van der Waals surface area (Å²) >= 11 is 6.88. The van der Waals surface area contributed by atoms with Crippen LogP contribution in [-0.4, -0.2) is 31.8 Å². The van der Waals surface area contributed by atoms with Crippen LogP contribution in [0.15, 0.2) is 53.1 Å². The lowest BCUT2D eigenvalue weighted by Crippen LogP contribution is -2.62. The average Bonchev–Trinajstić information content (AvgIpc) is 3.09. The number of benzene rings is 1. The predicted molar refractivity (Wildman–Crippen MR) is 106 cm³/mol. The molecule has 1 fully saturated rings. The molecule has 1 aromatic carbocycles. The van der Waals surface area contributed by atoms with Gasteiger partial charge in [0.2, 0.25) is 5.91 Å². The van der Waals surface area contributed by atoms with Crippen LogP contribution in [0, 0.1) is 0 Å². The van der Waals surface area contributed by atoms with Crippen LogP contribution in [-0.2, 0) is 22.6 Å². The van der Waals surface area contributed by atoms with Crippen molar-refractivity contribution in [2.24, 2.45) is 0 Å². The molecule has 5 nitrogen and oxygen atoms in total. The first kappa shape index (κ1) is 18.7. The molecule has 1 aliphatic heterocycles. The van der Waals surface area contributed by atoms with Crippen LogP contribution >= 0.6 is 24.0 Å². The van der Waals surface area contributed by atoms with Crippen molar-refractivity contribution in [3.05, 3.63) is 60.1 Å². The molecule has 1 aliphatic rings. The summed E-state index contributed by atoms with van der Waals surface area (Å²) in [5, 5.41) is 2.86. The number of amides is 2. The van der Waals surface area contributed by atoms with Gasteiger partial charge in [-0.2, -0.15) is 0 Å². The van der Waals surface area contributed by atoms with Gasteiger partial charge in [-0.25, -0.2) is 0 Å². The molecule has 0 radical (unpaired) electrons. The van der Waals surface area contributed by atoms with Crippen LogP contribution in [0.3, 0.4) is 0 Å². The molecule has 2 aromatic rings. The summed E-state index contributed by atoms with van der Waals surface area (Å²) in [7, 11) is 0. The SMILES string of the molecule is CC1(C)SC(=S)N(Cc2ccccc2)C(=O)C1NC(=O)Cc1ccco1. The highest BCUT2D eigenvalue weighted by atomic mass is 32.2. The molecule has 1 aromatic heterocycles. The zero-order valence-corrected chi connectivity index (χ0v) is 16.2. The second-order valence-corrected chi connectivity index (χ2v) is 8.93. The van der Waals surface area contributed by atoms with Crippen molar-refractivity contribution in [1.29, 1.82) is 0 Å². The third kappa shape index (κ3) is 4.16. The van der Waals surface area contributed by atoms with Gasteiger partial charge in [0, 0.05) is 4.75 Å². The Labute approximate surface area is 162 Å². The van der Waals surface area contributed by atoms with Gasteiger partial charge in [0.05, 0.1) is 19.2 Å². The van der Waals surface area contributed by atoms with Gasteiger partial charge < -0.3 is 9.73 Å². The lowest BCUT2D eigenvalue weighted by atomic mass is 10.0. The van der Waals surface area contributed by atoms with Crippen molar-refractivity contribution in [1.82, 2.24) is 10.2 Å². The highest BCUT2D eigenvalue weighted by molar-refractivity contribution is 8.24. The number of thiocarbonyl (C=S) groups is 1. The van der Waals surface area contributed by atoms with Crippen molar-refractivity contribution in [3.8, 4) is 0 Å². The Morgan fingerprint density at radius 2 is 2.00 bits per heavy atom. The monoisotopic (exact) mass is 388 g/mol. The van der Waals surface area contributed by atoms with E-state index >= 15 is 0 Å². The fourth-order valence-corrected chi connectivity index (χ4v) is 4.60. The average molecular weight is 389 g/mol. The Morgan fingerprint density at radius 1 is 1.27 bits per heavy atom. The molecule has 1 unspecified atom stereocenters. The Kier molecular flexibility index (Phi) is 5.48. The van der Waals surface area contributed by atoms with E-state index in [1.54, 1.807) is 17.0 Å². The first-order valence-electron chi connectivity index (χ1n) is 8.27. The minimum Gasteiger partial charge on any atom is -0.469 e. The molecule has 3 rings (SSSR count). The molecule has 2 amide bonds. The van der Waals surface area contributed by atoms with Crippen LogP contribution in [0.4, 0.5) is 0 Å². The molecule has 1 N–H and O–H groups in total. The first-order valence-corrected chi connectivity index (χ1v) is 9.49. The number of carbonyl (C=O) groups excluding carboxylic acids is 2. The zero-order chi connectivity index (χ0) is 18.7. The van der Waals surface area contributed by atoms with Gasteiger partial charge in [-0.15, -0.1) is 0 Å². The molecule has 0 bridgehead atoms. The van der Waals surface area contributed by atoms with E-state index in [2.05, 4.69) is 5.32 Å². The Morgan fingerprint density at radius 3 is 2.65 bits per heavy atom. The van der Waals surface area contributed by atoms with E-state index in [0.717, 1.165) is 5.56 Å². The topological polar surface area (TPSA) is 62.6 Å². The molecule has 1 saturated heterocycles. The van der Waals surface area contributed by atoms with Gasteiger partial charge in [-0.05, 0) is 31.5 Å². The summed E-state index contributed by atoms with van der Waals surface area (Å²) < 4.78 is 5.21. The number of thioether (sulfide) groups is 1. The third-order valence-electron chi connectivity index (χ3n) is 4.18. The van der Waals surface area contributed by atoms with Crippen LogP contribution in [0.5, 0.6) is 0 Å². The smallest absolute Gasteiger partial charge is 0.252 e. The van der Waals surface area contributed by atoms with Crippen LogP contribution < -0.4 is 5.32 Å². The van der Waals surface area contributed by atoms with E-state index in [1.165, 1.54) is 18.0 Å². The molecule has 26 heavy (non-hydrogen) atoms. The number of nitrogens with zero attached hydrogens (tertiary/aromatic N) is 1. The molecular formula is C19H20N2O3S2. The molecule has 1 atom stereocenters. The summed E-state index contributed by atoms with van der Waals surface area (Å²) in [6.07, 6.45) is 1.62. The van der Waals surface area contributed by atoms with E-state index in [-0.39, 0.29) is 18.2 Å². The summed E-state index contributed by atoms with van der Waals surface area (Å²) in [4.78, 5) is 27.0. The Hall–Kier alpha value is -2.12. The summed E-state index contributed by atoms with van der Waals surface area (Å²) in [5.41, 5.74) is 0.990. The number of furan rings is 1. The van der Waals surface area contributed by atoms with Crippen LogP contribution in [0.2, 0.25) is 0 Å². The van der Waals surface area contributed by atoms with E-state index in [1.807, 2.05) is 44.2 Å². The predicted octanol–water partition coefficient (Wildman–Crippen LogP) is 3.15. The first-order chi connectivity index (χ1) is 12.4. The molecule has 7 heteroatoms. The van der Waals surface area contributed by atoms with Crippen molar-refractivity contribution < 1.29 is 14.0 Å². The van der Waals surface area contributed by atoms with E-state index in [0.29, 0.717) is 16.6 Å². The second-order valence-electron chi connectivity index (χ2n) is 6.64. The fourth-order valence-electron chi connectivity index (χ4n) is 2.81. The van der Waals surface area contributed by atoms with Crippen LogP contribution in [0.1, 0.15) is 25.2 Å². The van der Waals surface area contributed by atoms with Crippen LogP contribution in [0.25, 0.3) is 0 Å². The van der Waals surface area contributed by atoms with Crippen molar-refractivity contribution in [2.75, 3.05) is 0 Å². The van der Waals surface area contributed by atoms with Gasteiger partial charge in [0.15, 0.2) is 0 Å². The number of rotatable bonds is 5. The lowest BCUT2D eigenvalue weighted by Gasteiger charge is -2.42. The maximum absolute atomic E-state index is 13.1. The van der Waals surface area contributed by atoms with E-state index in [4.69, 9.17) is 16.6 Å². The Balaban J connectivity index is 1.75. The number of nitrogens with one attached hydrogen (secondary N) is 1.